The summed E-state index contributed by atoms with van der Waals surface area (Å²) in [5.74, 6) is 1.48. The van der Waals surface area contributed by atoms with Gasteiger partial charge >= 0.3 is 0 Å². The van der Waals surface area contributed by atoms with Gasteiger partial charge in [0.05, 0.1) is 11.9 Å². The summed E-state index contributed by atoms with van der Waals surface area (Å²) in [7, 11) is 3.93. The Kier molecular flexibility index (Phi) is 8.88. The van der Waals surface area contributed by atoms with Crippen LogP contribution in [0.2, 0.25) is 0 Å². The van der Waals surface area contributed by atoms with Crippen molar-refractivity contribution in [2.75, 3.05) is 42.7 Å². The molecule has 2 N–H and O–H groups in total. The standard InChI is InChI=1S/C37H39N9OS/c1-24(2)31-22-40-46-35(31)42-37(45-18-14-32-27(23-45)15-19-48-32)43-36(46)39-21-26-8-5-6-9-29(26)34-30-12-11-28(20-25(30)13-16-38-34)41-33(47)10-7-17-44(3)4/h5-13,15-16,19-20,22,24H,14,17-18,21,23H2,1-4H3,(H,41,47)(H,39,42,43)/b10-7+. The van der Waals surface area contributed by atoms with E-state index in [4.69, 9.17) is 20.1 Å². The van der Waals surface area contributed by atoms with Crippen molar-refractivity contribution in [3.63, 3.8) is 0 Å². The predicted octanol–water partition coefficient (Wildman–Crippen LogP) is 6.76. The van der Waals surface area contributed by atoms with Gasteiger partial charge < -0.3 is 20.4 Å². The van der Waals surface area contributed by atoms with Gasteiger partial charge in [-0.3, -0.25) is 9.78 Å². The molecule has 0 saturated heterocycles. The average molecular weight is 658 g/mol. The SMILES string of the molecule is CC(C)c1cnn2c(NCc3ccccc3-c3nccc4cc(NC(=O)/C=C/CN(C)C)ccc34)nc(N3CCc4sccc4C3)nc12. The van der Waals surface area contributed by atoms with Gasteiger partial charge in [-0.1, -0.05) is 50.3 Å². The van der Waals surface area contributed by atoms with Crippen molar-refractivity contribution in [1.29, 1.82) is 0 Å². The third-order valence-corrected chi connectivity index (χ3v) is 9.60. The van der Waals surface area contributed by atoms with Gasteiger partial charge in [0.1, 0.15) is 0 Å². The summed E-state index contributed by atoms with van der Waals surface area (Å²) in [6.45, 7) is 7.22. The van der Waals surface area contributed by atoms with Gasteiger partial charge in [-0.15, -0.1) is 11.3 Å². The normalized spacial score (nSPS) is 13.2. The van der Waals surface area contributed by atoms with Gasteiger partial charge in [-0.05, 0) is 72.6 Å². The van der Waals surface area contributed by atoms with E-state index in [-0.39, 0.29) is 11.8 Å². The number of nitrogens with zero attached hydrogens (tertiary/aromatic N) is 7. The quantitative estimate of drug-likeness (QED) is 0.156. The van der Waals surface area contributed by atoms with Crippen molar-refractivity contribution in [2.45, 2.75) is 39.3 Å². The van der Waals surface area contributed by atoms with E-state index < -0.39 is 0 Å². The monoisotopic (exact) mass is 657 g/mol. The Balaban J connectivity index is 1.17. The second-order valence-corrected chi connectivity index (χ2v) is 13.6. The molecule has 0 aliphatic carbocycles. The molecule has 0 radical (unpaired) electrons. The molecule has 1 aliphatic rings. The van der Waals surface area contributed by atoms with Crippen molar-refractivity contribution < 1.29 is 4.79 Å². The van der Waals surface area contributed by atoms with Crippen LogP contribution in [0.1, 0.15) is 41.3 Å². The van der Waals surface area contributed by atoms with Crippen LogP contribution in [0.25, 0.3) is 27.7 Å². The van der Waals surface area contributed by atoms with Crippen LogP contribution in [0.4, 0.5) is 17.6 Å². The molecule has 4 aromatic heterocycles. The molecule has 0 bridgehead atoms. The molecule has 11 heteroatoms. The smallest absolute Gasteiger partial charge is 0.248 e. The third kappa shape index (κ3) is 6.51. The molecule has 244 valence electrons. The molecule has 1 aliphatic heterocycles. The van der Waals surface area contributed by atoms with Gasteiger partial charge in [0.15, 0.2) is 5.65 Å². The van der Waals surface area contributed by atoms with E-state index in [2.05, 4.69) is 53.0 Å². The minimum absolute atomic E-state index is 0.155. The van der Waals surface area contributed by atoms with Crippen LogP contribution in [0.5, 0.6) is 0 Å². The number of fused-ring (bicyclic) bond motifs is 3. The van der Waals surface area contributed by atoms with Crippen molar-refractivity contribution >= 4 is 51.2 Å². The van der Waals surface area contributed by atoms with Crippen LogP contribution >= 0.6 is 11.3 Å². The topological polar surface area (TPSA) is 104 Å². The zero-order chi connectivity index (χ0) is 33.2. The number of aromatic nitrogens is 5. The molecule has 10 nitrogen and oxygen atoms in total. The molecular formula is C37H39N9OS. The zero-order valence-corrected chi connectivity index (χ0v) is 28.5. The molecule has 0 spiro atoms. The number of anilines is 3. The highest BCUT2D eigenvalue weighted by Gasteiger charge is 2.23. The first kappa shape index (κ1) is 31.5. The first-order valence-electron chi connectivity index (χ1n) is 16.2. The maximum atomic E-state index is 12.5. The van der Waals surface area contributed by atoms with E-state index in [9.17, 15) is 4.79 Å². The highest BCUT2D eigenvalue weighted by atomic mass is 32.1. The van der Waals surface area contributed by atoms with Crippen molar-refractivity contribution in [1.82, 2.24) is 29.5 Å². The fraction of sp³-hybridized carbons (Fsp3) is 0.270. The van der Waals surface area contributed by atoms with Crippen LogP contribution in [0.3, 0.4) is 0 Å². The van der Waals surface area contributed by atoms with Crippen LogP contribution in [-0.2, 0) is 24.3 Å². The lowest BCUT2D eigenvalue weighted by atomic mass is 9.99. The summed E-state index contributed by atoms with van der Waals surface area (Å²) in [5.41, 5.74) is 6.99. The molecule has 6 aromatic rings. The van der Waals surface area contributed by atoms with Gasteiger partial charge in [0, 0.05) is 65.5 Å². The minimum Gasteiger partial charge on any atom is -0.350 e. The number of rotatable bonds is 10. The summed E-state index contributed by atoms with van der Waals surface area (Å²) >= 11 is 1.83. The largest absolute Gasteiger partial charge is 0.350 e. The number of nitrogens with one attached hydrogen (secondary N) is 2. The van der Waals surface area contributed by atoms with Crippen LogP contribution < -0.4 is 15.5 Å². The van der Waals surface area contributed by atoms with E-state index in [1.165, 1.54) is 10.4 Å². The summed E-state index contributed by atoms with van der Waals surface area (Å²) < 4.78 is 1.82. The van der Waals surface area contributed by atoms with Gasteiger partial charge in [0.25, 0.3) is 0 Å². The highest BCUT2D eigenvalue weighted by molar-refractivity contribution is 7.10. The number of likely N-dealkylation sites (N-methyl/N-ethyl adjacent to an activating group) is 1. The second-order valence-electron chi connectivity index (χ2n) is 12.6. The molecule has 0 unspecified atom stereocenters. The van der Waals surface area contributed by atoms with Crippen molar-refractivity contribution in [3.8, 4) is 11.3 Å². The van der Waals surface area contributed by atoms with E-state index >= 15 is 0 Å². The van der Waals surface area contributed by atoms with Crippen LogP contribution in [-0.4, -0.2) is 62.6 Å². The Bertz CT molecular complexity index is 2130. The number of carbonyl (C=O) groups excluding carboxylic acids is 1. The molecule has 0 saturated carbocycles. The van der Waals surface area contributed by atoms with Crippen LogP contribution in [0, 0.1) is 0 Å². The van der Waals surface area contributed by atoms with Gasteiger partial charge in [-0.2, -0.15) is 19.6 Å². The Morgan fingerprint density at radius 1 is 1.10 bits per heavy atom. The number of hydrogen-bond acceptors (Lipinski definition) is 9. The molecule has 1 amide bonds. The van der Waals surface area contributed by atoms with E-state index in [1.54, 1.807) is 6.08 Å². The van der Waals surface area contributed by atoms with Gasteiger partial charge in [-0.25, -0.2) is 0 Å². The van der Waals surface area contributed by atoms with E-state index in [0.717, 1.165) is 64.0 Å². The lowest BCUT2D eigenvalue weighted by Gasteiger charge is -2.27. The minimum atomic E-state index is -0.155. The zero-order valence-electron chi connectivity index (χ0n) is 27.6. The van der Waals surface area contributed by atoms with Gasteiger partial charge in [0.2, 0.25) is 17.8 Å². The van der Waals surface area contributed by atoms with E-state index in [0.29, 0.717) is 25.0 Å². The van der Waals surface area contributed by atoms with E-state index in [1.807, 2.05) is 89.7 Å². The molecular weight excluding hydrogens is 619 g/mol. The third-order valence-electron chi connectivity index (χ3n) is 8.58. The summed E-state index contributed by atoms with van der Waals surface area (Å²) in [4.78, 5) is 33.1. The number of benzene rings is 2. The van der Waals surface area contributed by atoms with Crippen LogP contribution in [0.15, 0.2) is 84.5 Å². The molecule has 0 atom stereocenters. The molecule has 2 aromatic carbocycles. The van der Waals surface area contributed by atoms with Crippen molar-refractivity contribution in [3.05, 3.63) is 106 Å². The first-order valence-corrected chi connectivity index (χ1v) is 17.1. The Morgan fingerprint density at radius 2 is 1.98 bits per heavy atom. The lowest BCUT2D eigenvalue weighted by Crippen LogP contribution is -2.31. The maximum absolute atomic E-state index is 12.5. The molecule has 7 rings (SSSR count). The number of carbonyl (C=O) groups is 1. The summed E-state index contributed by atoms with van der Waals surface area (Å²) in [5, 5.41) is 15.4. The Labute approximate surface area is 284 Å². The predicted molar refractivity (Wildman–Crippen MR) is 195 cm³/mol. The average Bonchev–Trinajstić information content (AvgIpc) is 3.74. The fourth-order valence-corrected chi connectivity index (χ4v) is 6.96. The lowest BCUT2D eigenvalue weighted by molar-refractivity contribution is -0.111. The molecule has 48 heavy (non-hydrogen) atoms. The number of amides is 1. The molecule has 0 fully saturated rings. The number of pyridine rings is 1. The highest BCUT2D eigenvalue weighted by Crippen LogP contribution is 2.32. The summed E-state index contributed by atoms with van der Waals surface area (Å²) in [6, 6.07) is 18.4. The second kappa shape index (κ2) is 13.5. The van der Waals surface area contributed by atoms with Crippen molar-refractivity contribution in [2.24, 2.45) is 0 Å². The Hall–Kier alpha value is -5.13. The Morgan fingerprint density at radius 3 is 2.83 bits per heavy atom. The molecule has 5 heterocycles. The number of thiophene rings is 1. The number of hydrogen-bond donors (Lipinski definition) is 2. The summed E-state index contributed by atoms with van der Waals surface area (Å²) in [6.07, 6.45) is 8.13. The first-order chi connectivity index (χ1) is 23.3. The maximum Gasteiger partial charge on any atom is 0.248 e. The fourth-order valence-electron chi connectivity index (χ4n) is 6.07.